The van der Waals surface area contributed by atoms with Crippen molar-refractivity contribution in [2.45, 2.75) is 39.6 Å². The lowest BCUT2D eigenvalue weighted by Crippen LogP contribution is -2.22. The Bertz CT molecular complexity index is 1020. The first-order valence-corrected chi connectivity index (χ1v) is 12.8. The van der Waals surface area contributed by atoms with Crippen molar-refractivity contribution in [3.8, 4) is 12.1 Å². The van der Waals surface area contributed by atoms with Gasteiger partial charge in [0.15, 0.2) is 10.2 Å². The standard InChI is InChI=1S/C7H8N4O2S.C6H15N.C4H9NOS.C3N4O3/c1-5(12)9-2-3-14-7-6(4-8)10-13-11-7;1-4-7(5-2)6-3;1-4(6)5-2-3-7;4-1-2-3(7(8)9)6-10-5-2/h2-3H2,1H3,(H,9,12);4-6H2,1-3H3;7H,2-3H2,1H3,(H,5,6);. The van der Waals surface area contributed by atoms with Gasteiger partial charge in [0.1, 0.15) is 12.1 Å². The number of carbonyl (C=O) groups excluding carboxylic acids is 2. The predicted octanol–water partition coefficient (Wildman–Crippen LogP) is 1.42. The van der Waals surface area contributed by atoms with Crippen LogP contribution in [0.2, 0.25) is 0 Å². The van der Waals surface area contributed by atoms with Crippen molar-refractivity contribution >= 4 is 42.0 Å². The van der Waals surface area contributed by atoms with Crippen molar-refractivity contribution in [1.29, 1.82) is 10.5 Å². The fourth-order valence-corrected chi connectivity index (χ4v) is 2.81. The summed E-state index contributed by atoms with van der Waals surface area (Å²) in [4.78, 5) is 32.0. The van der Waals surface area contributed by atoms with Gasteiger partial charge in [-0.1, -0.05) is 32.5 Å². The zero-order valence-corrected chi connectivity index (χ0v) is 23.5. The molecular weight excluding hydrogens is 540 g/mol. The summed E-state index contributed by atoms with van der Waals surface area (Å²) >= 11 is 5.20. The molecule has 2 aromatic rings. The molecule has 16 nitrogen and oxygen atoms in total. The van der Waals surface area contributed by atoms with Gasteiger partial charge in [-0.05, 0) is 40.0 Å². The van der Waals surface area contributed by atoms with Crippen molar-refractivity contribution in [3.05, 3.63) is 21.5 Å². The normalized spacial score (nSPS) is 9.18. The number of thiol groups is 1. The average molecular weight is 573 g/mol. The number of amides is 2. The monoisotopic (exact) mass is 572 g/mol. The second-order valence-corrected chi connectivity index (χ2v) is 8.02. The number of nitro groups is 1. The summed E-state index contributed by atoms with van der Waals surface area (Å²) in [7, 11) is 0. The van der Waals surface area contributed by atoms with E-state index in [0.717, 1.165) is 0 Å². The van der Waals surface area contributed by atoms with E-state index in [0.29, 0.717) is 29.6 Å². The highest BCUT2D eigenvalue weighted by Gasteiger charge is 2.21. The maximum Gasteiger partial charge on any atom is 0.452 e. The lowest BCUT2D eigenvalue weighted by molar-refractivity contribution is -0.391. The van der Waals surface area contributed by atoms with E-state index in [9.17, 15) is 19.7 Å². The van der Waals surface area contributed by atoms with Crippen molar-refractivity contribution in [2.24, 2.45) is 0 Å². The van der Waals surface area contributed by atoms with Gasteiger partial charge in [-0.15, -0.1) is 4.63 Å². The Labute approximate surface area is 230 Å². The van der Waals surface area contributed by atoms with Gasteiger partial charge in [-0.2, -0.15) is 23.2 Å². The van der Waals surface area contributed by atoms with E-state index in [1.165, 1.54) is 51.3 Å². The summed E-state index contributed by atoms with van der Waals surface area (Å²) in [5.74, 6) is 0.614. The first-order chi connectivity index (χ1) is 18.1. The van der Waals surface area contributed by atoms with E-state index in [4.69, 9.17) is 10.5 Å². The van der Waals surface area contributed by atoms with Gasteiger partial charge in [0, 0.05) is 38.4 Å². The summed E-state index contributed by atoms with van der Waals surface area (Å²) < 4.78 is 8.32. The molecule has 0 bridgehead atoms. The number of nitrogens with zero attached hydrogens (tertiary/aromatic N) is 8. The zero-order valence-electron chi connectivity index (χ0n) is 21.8. The summed E-state index contributed by atoms with van der Waals surface area (Å²) in [6.07, 6.45) is 0. The lowest BCUT2D eigenvalue weighted by Gasteiger charge is -2.13. The van der Waals surface area contributed by atoms with Crippen LogP contribution in [0.3, 0.4) is 0 Å². The Balaban J connectivity index is 0. The van der Waals surface area contributed by atoms with E-state index in [1.54, 1.807) is 0 Å². The molecule has 38 heavy (non-hydrogen) atoms. The Morgan fingerprint density at radius 2 is 1.47 bits per heavy atom. The van der Waals surface area contributed by atoms with Gasteiger partial charge < -0.3 is 25.6 Å². The van der Waals surface area contributed by atoms with Gasteiger partial charge >= 0.3 is 5.82 Å². The van der Waals surface area contributed by atoms with Crippen molar-refractivity contribution in [2.75, 3.05) is 44.2 Å². The molecule has 0 aromatic carbocycles. The number of thioether (sulfide) groups is 1. The minimum atomic E-state index is -0.838. The second kappa shape index (κ2) is 23.6. The number of carbonyl (C=O) groups is 2. The summed E-state index contributed by atoms with van der Waals surface area (Å²) in [6.45, 7) is 14.3. The molecule has 18 heteroatoms. The topological polar surface area (TPSA) is 230 Å². The van der Waals surface area contributed by atoms with Crippen LogP contribution < -0.4 is 10.6 Å². The molecule has 2 rings (SSSR count). The Morgan fingerprint density at radius 3 is 1.84 bits per heavy atom. The van der Waals surface area contributed by atoms with Crippen molar-refractivity contribution in [1.82, 2.24) is 36.2 Å². The maximum atomic E-state index is 10.5. The molecule has 210 valence electrons. The van der Waals surface area contributed by atoms with Gasteiger partial charge in [0.05, 0.1) is 0 Å². The first kappa shape index (κ1) is 36.4. The van der Waals surface area contributed by atoms with Crippen LogP contribution in [0, 0.1) is 32.8 Å². The van der Waals surface area contributed by atoms with Gasteiger partial charge in [0.2, 0.25) is 17.5 Å². The molecule has 0 atom stereocenters. The summed E-state index contributed by atoms with van der Waals surface area (Å²) in [5.41, 5.74) is -0.233. The molecule has 0 saturated heterocycles. The average Bonchev–Trinajstić information content (AvgIpc) is 3.57. The lowest BCUT2D eigenvalue weighted by atomic mass is 10.5. The van der Waals surface area contributed by atoms with E-state index < -0.39 is 16.4 Å². The van der Waals surface area contributed by atoms with Crippen LogP contribution in [0.25, 0.3) is 0 Å². The molecule has 0 aliphatic carbocycles. The number of nitrogens with one attached hydrogen (secondary N) is 2. The van der Waals surface area contributed by atoms with E-state index in [2.05, 4.69) is 78.8 Å². The number of aromatic nitrogens is 4. The molecule has 0 saturated carbocycles. The van der Waals surface area contributed by atoms with Crippen LogP contribution in [-0.2, 0) is 9.59 Å². The number of nitriles is 2. The van der Waals surface area contributed by atoms with Gasteiger partial charge in [0.25, 0.3) is 5.69 Å². The maximum absolute atomic E-state index is 10.5. The molecular formula is C20H32N10O6S2. The van der Waals surface area contributed by atoms with Crippen LogP contribution in [-0.4, -0.2) is 86.5 Å². The molecule has 0 spiro atoms. The highest BCUT2D eigenvalue weighted by atomic mass is 32.2. The molecule has 2 heterocycles. The summed E-state index contributed by atoms with van der Waals surface area (Å²) in [5, 5.41) is 45.1. The minimum Gasteiger partial charge on any atom is -0.358 e. The molecule has 2 aromatic heterocycles. The molecule has 2 amide bonds. The molecule has 0 radical (unpaired) electrons. The SMILES string of the molecule is CC(=O)NCCS.CC(=O)NCCSc1nonc1C#N.CCN(CC)CC.N#Cc1nonc1[N+](=O)[O-]. The fourth-order valence-electron chi connectivity index (χ4n) is 2.00. The van der Waals surface area contributed by atoms with Crippen molar-refractivity contribution in [3.63, 3.8) is 0 Å². The number of rotatable bonds is 10. The largest absolute Gasteiger partial charge is 0.452 e. The Morgan fingerprint density at radius 1 is 0.974 bits per heavy atom. The van der Waals surface area contributed by atoms with E-state index in [-0.39, 0.29) is 17.5 Å². The smallest absolute Gasteiger partial charge is 0.358 e. The third-order valence-electron chi connectivity index (χ3n) is 3.86. The van der Waals surface area contributed by atoms with E-state index in [1.807, 2.05) is 6.07 Å². The molecule has 0 aliphatic heterocycles. The molecule has 2 N–H and O–H groups in total. The summed E-state index contributed by atoms with van der Waals surface area (Å²) in [6, 6.07) is 3.30. The van der Waals surface area contributed by atoms with Crippen LogP contribution in [0.1, 0.15) is 46.0 Å². The van der Waals surface area contributed by atoms with Crippen LogP contribution in [0.5, 0.6) is 0 Å². The molecule has 0 aliphatic rings. The molecule has 0 unspecified atom stereocenters. The zero-order chi connectivity index (χ0) is 29.3. The second-order valence-electron chi connectivity index (χ2n) is 6.49. The Hall–Kier alpha value is -3.74. The highest BCUT2D eigenvalue weighted by molar-refractivity contribution is 7.99. The number of hydrogen-bond donors (Lipinski definition) is 3. The van der Waals surface area contributed by atoms with Crippen molar-refractivity contribution < 1.29 is 23.8 Å². The molecule has 0 fully saturated rings. The quantitative estimate of drug-likeness (QED) is 0.120. The third kappa shape index (κ3) is 18.5. The van der Waals surface area contributed by atoms with E-state index >= 15 is 0 Å². The third-order valence-corrected chi connectivity index (χ3v) is 5.03. The fraction of sp³-hybridized carbons (Fsp3) is 0.600. The first-order valence-electron chi connectivity index (χ1n) is 11.2. The predicted molar refractivity (Wildman–Crippen MR) is 140 cm³/mol. The minimum absolute atomic E-state index is 0.00838. The van der Waals surface area contributed by atoms with Gasteiger partial charge in [-0.3, -0.25) is 9.59 Å². The Kier molecular flexibility index (Phi) is 22.7. The van der Waals surface area contributed by atoms with Crippen LogP contribution in [0.15, 0.2) is 14.3 Å². The highest BCUT2D eigenvalue weighted by Crippen LogP contribution is 2.17. The number of hydrogen-bond acceptors (Lipinski definition) is 15. The van der Waals surface area contributed by atoms with Crippen LogP contribution >= 0.6 is 24.4 Å². The van der Waals surface area contributed by atoms with Gasteiger partial charge in [-0.25, -0.2) is 4.63 Å². The van der Waals surface area contributed by atoms with Crippen LogP contribution in [0.4, 0.5) is 5.82 Å².